The quantitative estimate of drug-likeness (QED) is 0.639. The molecule has 0 bridgehead atoms. The van der Waals surface area contributed by atoms with E-state index in [0.717, 1.165) is 0 Å². The van der Waals surface area contributed by atoms with Gasteiger partial charge in [-0.05, 0) is 47.8 Å². The Bertz CT molecular complexity index is 1930. The summed E-state index contributed by atoms with van der Waals surface area (Å²) >= 11 is 0. The number of nitrogens with zero attached hydrogens (tertiary/aromatic N) is 1. The Morgan fingerprint density at radius 1 is 1.37 bits per heavy atom. The summed E-state index contributed by atoms with van der Waals surface area (Å²) in [6.07, 6.45) is -18.3. The van der Waals surface area contributed by atoms with E-state index in [1.165, 1.54) is 0 Å². The predicted molar refractivity (Wildman–Crippen MR) is 118 cm³/mol. The van der Waals surface area contributed by atoms with Gasteiger partial charge >= 0.3 is 5.97 Å². The number of fused-ring (bicyclic) bond motifs is 3. The van der Waals surface area contributed by atoms with Crippen molar-refractivity contribution in [1.82, 2.24) is 4.90 Å². The lowest BCUT2D eigenvalue weighted by atomic mass is 9.79. The molecule has 2 heterocycles. The molecule has 2 aliphatic heterocycles. The van der Waals surface area contributed by atoms with Gasteiger partial charge in [-0.25, -0.2) is 0 Å². The van der Waals surface area contributed by atoms with Gasteiger partial charge in [-0.15, -0.1) is 0 Å². The van der Waals surface area contributed by atoms with Crippen LogP contribution < -0.4 is 15.2 Å². The van der Waals surface area contributed by atoms with Gasteiger partial charge in [0.15, 0.2) is 11.5 Å². The molecule has 168 valence electrons. The van der Waals surface area contributed by atoms with Crippen LogP contribution in [-0.2, 0) is 15.9 Å². The van der Waals surface area contributed by atoms with Crippen molar-refractivity contribution in [1.29, 1.82) is 0 Å². The second-order valence-corrected chi connectivity index (χ2v) is 5.71. The molecule has 1 aromatic carbocycles. The van der Waals surface area contributed by atoms with Gasteiger partial charge < -0.3 is 19.9 Å². The van der Waals surface area contributed by atoms with E-state index in [-0.39, 0.29) is 12.1 Å². The van der Waals surface area contributed by atoms with E-state index in [1.54, 1.807) is 0 Å². The van der Waals surface area contributed by atoms with Gasteiger partial charge in [0.2, 0.25) is 0 Å². The van der Waals surface area contributed by atoms with Crippen molar-refractivity contribution >= 4 is 5.97 Å². The van der Waals surface area contributed by atoms with Crippen LogP contribution >= 0.6 is 0 Å². The number of carbonyl (C=O) groups is 1. The Morgan fingerprint density at radius 2 is 2.13 bits per heavy atom. The minimum Gasteiger partial charge on any atom is -0.493 e. The number of benzene rings is 1. The standard InChI is InChI=1S/C24H38N2O4/c1-14(2)9-17-13-26-8-7-16-10-21(28-5)22(29-6)11-18(16)19(26)12-20(17)30-24(27)23(25)15(3)4/h10-11,14-15,17,19-20,23H,7-9,12-13,25H2,1-6H3/t17?,19?,20?,23-/m0/s1/i1D3,2D3,3D3,4D3,5D3,6D3,7D2,8D2,9D2,12D2,13D2,14D,15D,17D,19D,23D. The highest BCUT2D eigenvalue weighted by Gasteiger charge is 2.41. The summed E-state index contributed by atoms with van der Waals surface area (Å²) in [5.41, 5.74) is 2.57. The smallest absolute Gasteiger partial charge is 0.323 e. The highest BCUT2D eigenvalue weighted by Crippen LogP contribution is 2.44. The Hall–Kier alpha value is -1.79. The van der Waals surface area contributed by atoms with E-state index in [9.17, 15) is 13.0 Å². The fraction of sp³-hybridized carbons (Fsp3) is 0.708. The van der Waals surface area contributed by atoms with Gasteiger partial charge in [0, 0.05) is 65.5 Å². The third-order valence-electron chi connectivity index (χ3n) is 3.82. The van der Waals surface area contributed by atoms with Crippen LogP contribution in [0.2, 0.25) is 0 Å². The van der Waals surface area contributed by atoms with Gasteiger partial charge in [-0.1, -0.05) is 27.4 Å². The number of hydrogen-bond acceptors (Lipinski definition) is 6. The molecule has 0 saturated carbocycles. The first kappa shape index (κ1) is 5.23. The maximum absolute atomic E-state index is 14.1. The summed E-state index contributed by atoms with van der Waals surface area (Å²) in [7, 11) is -7.23. The van der Waals surface area contributed by atoms with Crippen molar-refractivity contribution in [2.24, 2.45) is 23.4 Å². The maximum Gasteiger partial charge on any atom is 0.323 e. The monoisotopic (exact) mass is 451 g/mol. The Balaban J connectivity index is 2.80. The van der Waals surface area contributed by atoms with Crippen molar-refractivity contribution in [2.75, 3.05) is 27.1 Å². The maximum atomic E-state index is 14.1. The van der Waals surface area contributed by atoms with Crippen LogP contribution in [0.5, 0.6) is 11.5 Å². The Labute approximate surface area is 227 Å². The molecule has 0 aromatic heterocycles. The highest BCUT2D eigenvalue weighted by atomic mass is 16.5. The van der Waals surface area contributed by atoms with E-state index >= 15 is 0 Å². The average Bonchev–Trinajstić information content (AvgIpc) is 3.00. The molecule has 3 unspecified atom stereocenters. The number of methoxy groups -OCH3 is 2. The number of piperidine rings is 1. The SMILES string of the molecule is [2H]C([2H])([2H])Oc1cc2c(cc1OC([2H])([2H])[2H])C1([2H])N(C([2H])([2H])C2([2H])[2H])C([2H])([2H])C([2H])(C([2H])([2H])C([2H])(C([2H])([2H])[2H])C([2H])([2H])[2H])C(OC(=O)[C@@]([2H])(N)C([2H])(C([2H])([2H])[2H])C([2H])([2H])[2H])C1([2H])[2H]. The molecule has 6 heteroatoms. The number of carbonyl (C=O) groups excluding carboxylic acids is 1. The third kappa shape index (κ3) is 4.75. The van der Waals surface area contributed by atoms with Crippen LogP contribution in [0.25, 0.3) is 0 Å². The summed E-state index contributed by atoms with van der Waals surface area (Å²) in [5.74, 6) is -20.4. The predicted octanol–water partition coefficient (Wildman–Crippen LogP) is 3.56. The molecule has 30 heavy (non-hydrogen) atoms. The second kappa shape index (κ2) is 9.56. The first-order valence-corrected chi connectivity index (χ1v) is 7.90. The molecule has 4 atom stereocenters. The van der Waals surface area contributed by atoms with Gasteiger partial charge in [0.1, 0.15) is 12.1 Å². The number of aryl methyl sites for hydroxylation is 1. The zero-order chi connectivity index (χ0) is 50.6. The molecule has 2 aliphatic rings. The molecule has 1 fully saturated rings. The summed E-state index contributed by atoms with van der Waals surface area (Å²) < 4.78 is 289. The van der Waals surface area contributed by atoms with E-state index in [4.69, 9.17) is 57.0 Å². The Morgan fingerprint density at radius 3 is 2.83 bits per heavy atom. The molecular weight excluding hydrogens is 380 g/mol. The number of rotatable bonds is 7. The van der Waals surface area contributed by atoms with Crippen LogP contribution in [0.15, 0.2) is 12.1 Å². The van der Waals surface area contributed by atoms with Crippen LogP contribution in [0.1, 0.15) is 103 Å². The summed E-state index contributed by atoms with van der Waals surface area (Å²) in [6, 6.07) is -8.80. The lowest BCUT2D eigenvalue weighted by Crippen LogP contribution is -2.51. The third-order valence-corrected chi connectivity index (χ3v) is 3.82. The number of esters is 1. The van der Waals surface area contributed by atoms with Gasteiger partial charge in [-0.3, -0.25) is 9.69 Å². The molecule has 0 spiro atoms. The van der Waals surface area contributed by atoms with Crippen molar-refractivity contribution < 1.29 is 64.2 Å². The zero-order valence-corrected chi connectivity index (χ0v) is 14.9. The molecule has 3 rings (SSSR count). The van der Waals surface area contributed by atoms with E-state index in [0.29, 0.717) is 0 Å². The molecule has 1 saturated heterocycles. The molecule has 1 aromatic rings. The van der Waals surface area contributed by atoms with Crippen molar-refractivity contribution in [2.45, 2.75) is 64.7 Å². The summed E-state index contributed by atoms with van der Waals surface area (Å²) in [5, 5.41) is 0. The van der Waals surface area contributed by atoms with Gasteiger partial charge in [0.05, 0.1) is 25.0 Å². The molecule has 0 amide bonds. The lowest BCUT2D eigenvalue weighted by molar-refractivity contribution is -0.160. The first-order valence-electron chi connectivity index (χ1n) is 24.4. The fourth-order valence-electron chi connectivity index (χ4n) is 2.50. The summed E-state index contributed by atoms with van der Waals surface area (Å²) in [6.45, 7) is -27.5. The zero-order valence-electron chi connectivity index (χ0n) is 47.9. The molecule has 0 aliphatic carbocycles. The number of nitrogens with two attached hydrogens (primary N) is 1. The van der Waals surface area contributed by atoms with E-state index < -0.39 is 143 Å². The first-order chi connectivity index (χ1) is 27.0. The van der Waals surface area contributed by atoms with Crippen LogP contribution in [-0.4, -0.2) is 50.1 Å². The minimum absolute atomic E-state index is 0.0870. The summed E-state index contributed by atoms with van der Waals surface area (Å²) in [4.78, 5) is 13.1. The minimum atomic E-state index is -5.22. The Kier molecular flexibility index (Phi) is 1.67. The van der Waals surface area contributed by atoms with Crippen molar-refractivity contribution in [3.8, 4) is 11.5 Å². The van der Waals surface area contributed by atoms with Gasteiger partial charge in [0.25, 0.3) is 0 Å². The van der Waals surface area contributed by atoms with Crippen molar-refractivity contribution in [3.63, 3.8) is 0 Å². The van der Waals surface area contributed by atoms with E-state index in [2.05, 4.69) is 0 Å². The van der Waals surface area contributed by atoms with Crippen LogP contribution in [0.3, 0.4) is 0 Å². The normalized spacial score (nSPS) is 57.5. The topological polar surface area (TPSA) is 74.0 Å². The van der Waals surface area contributed by atoms with Gasteiger partial charge in [-0.2, -0.15) is 0 Å². The fourth-order valence-corrected chi connectivity index (χ4v) is 2.50. The van der Waals surface area contributed by atoms with Crippen molar-refractivity contribution in [3.05, 3.63) is 23.3 Å². The molecule has 6 nitrogen and oxygen atoms in total. The molecule has 0 radical (unpaired) electrons. The number of ether oxygens (including phenoxy) is 3. The largest absolute Gasteiger partial charge is 0.493 e. The van der Waals surface area contributed by atoms with E-state index in [1.807, 2.05) is 0 Å². The van der Waals surface area contributed by atoms with Crippen LogP contribution in [0.4, 0.5) is 0 Å². The number of hydrogen-bond donors (Lipinski definition) is 1. The molecule has 2 N–H and O–H groups in total. The second-order valence-electron chi connectivity index (χ2n) is 5.71. The molecular formula is C24H38N2O4. The lowest BCUT2D eigenvalue weighted by Gasteiger charge is -2.47. The van der Waals surface area contributed by atoms with Crippen LogP contribution in [0, 0.1) is 17.7 Å². The highest BCUT2D eigenvalue weighted by molar-refractivity contribution is 5.76. The average molecular weight is 452 g/mol.